The number of pyridine rings is 1. The topological polar surface area (TPSA) is 51.6 Å². The molecular weight excluding hydrogens is 248 g/mol. The standard InChI is InChI=1S/C13H20BFNO3/c1-12(2,17)13(3,4)19-14-10-6-9(7-15)11(18-5)16-8-10/h6,8,17H,7H2,1-5H3. The molecule has 0 aliphatic carbocycles. The van der Waals surface area contributed by atoms with Gasteiger partial charge in [-0.05, 0) is 33.2 Å². The summed E-state index contributed by atoms with van der Waals surface area (Å²) in [6, 6.07) is 1.60. The summed E-state index contributed by atoms with van der Waals surface area (Å²) >= 11 is 0. The molecule has 6 heteroatoms. The Morgan fingerprint density at radius 3 is 2.47 bits per heavy atom. The maximum Gasteiger partial charge on any atom is 0.332 e. The minimum atomic E-state index is -1.01. The van der Waals surface area contributed by atoms with E-state index in [9.17, 15) is 9.50 Å². The lowest BCUT2D eigenvalue weighted by Crippen LogP contribution is -2.49. The highest BCUT2D eigenvalue weighted by Gasteiger charge is 2.35. The Hall–Kier alpha value is -1.14. The molecule has 19 heavy (non-hydrogen) atoms. The number of aromatic nitrogens is 1. The summed E-state index contributed by atoms with van der Waals surface area (Å²) in [5.74, 6) is 0.265. The van der Waals surface area contributed by atoms with Crippen LogP contribution in [0.2, 0.25) is 0 Å². The van der Waals surface area contributed by atoms with Gasteiger partial charge in [0.05, 0.1) is 18.3 Å². The normalized spacial score (nSPS) is 12.4. The summed E-state index contributed by atoms with van der Waals surface area (Å²) in [7, 11) is 2.91. The van der Waals surface area contributed by atoms with E-state index >= 15 is 0 Å². The molecule has 1 aromatic rings. The lowest BCUT2D eigenvalue weighted by Gasteiger charge is -2.37. The van der Waals surface area contributed by atoms with E-state index in [0.29, 0.717) is 11.0 Å². The number of halogens is 1. The van der Waals surface area contributed by atoms with Crippen LogP contribution in [0.25, 0.3) is 0 Å². The smallest absolute Gasteiger partial charge is 0.332 e. The molecule has 0 aromatic carbocycles. The van der Waals surface area contributed by atoms with Crippen molar-refractivity contribution >= 4 is 12.9 Å². The second-order valence-electron chi connectivity index (χ2n) is 5.38. The molecule has 0 aliphatic rings. The first-order chi connectivity index (χ1) is 8.71. The lowest BCUT2D eigenvalue weighted by atomic mass is 9.83. The van der Waals surface area contributed by atoms with Crippen molar-refractivity contribution in [3.63, 3.8) is 0 Å². The van der Waals surface area contributed by atoms with Crippen molar-refractivity contribution in [1.82, 2.24) is 4.98 Å². The molecule has 0 saturated heterocycles. The second-order valence-corrected chi connectivity index (χ2v) is 5.38. The quantitative estimate of drug-likeness (QED) is 0.792. The van der Waals surface area contributed by atoms with Crippen molar-refractivity contribution in [3.05, 3.63) is 17.8 Å². The molecule has 0 saturated carbocycles. The molecule has 0 spiro atoms. The van der Waals surface area contributed by atoms with Gasteiger partial charge in [0.15, 0.2) is 0 Å². The zero-order valence-corrected chi connectivity index (χ0v) is 12.0. The Kier molecular flexibility index (Phi) is 4.93. The van der Waals surface area contributed by atoms with E-state index in [1.807, 2.05) is 0 Å². The van der Waals surface area contributed by atoms with Gasteiger partial charge in [0.2, 0.25) is 5.88 Å². The number of methoxy groups -OCH3 is 1. The van der Waals surface area contributed by atoms with Gasteiger partial charge in [0, 0.05) is 11.8 Å². The monoisotopic (exact) mass is 268 g/mol. The van der Waals surface area contributed by atoms with E-state index in [2.05, 4.69) is 4.98 Å². The number of rotatable bonds is 6. The first-order valence-electron chi connectivity index (χ1n) is 6.03. The van der Waals surface area contributed by atoms with Crippen LogP contribution in [0.5, 0.6) is 5.88 Å². The molecule has 1 aromatic heterocycles. The zero-order chi connectivity index (χ0) is 14.7. The van der Waals surface area contributed by atoms with Gasteiger partial charge in [-0.1, -0.05) is 6.07 Å². The van der Waals surface area contributed by atoms with Crippen LogP contribution in [0, 0.1) is 0 Å². The van der Waals surface area contributed by atoms with Gasteiger partial charge in [0.25, 0.3) is 0 Å². The highest BCUT2D eigenvalue weighted by molar-refractivity contribution is 6.46. The minimum Gasteiger partial charge on any atom is -0.481 e. The lowest BCUT2D eigenvalue weighted by molar-refractivity contribution is -0.0893. The maximum atomic E-state index is 12.8. The van der Waals surface area contributed by atoms with Gasteiger partial charge in [-0.2, -0.15) is 0 Å². The van der Waals surface area contributed by atoms with Crippen molar-refractivity contribution < 1.29 is 18.9 Å². The fourth-order valence-electron chi connectivity index (χ4n) is 1.22. The van der Waals surface area contributed by atoms with E-state index in [1.54, 1.807) is 33.8 Å². The van der Waals surface area contributed by atoms with Gasteiger partial charge in [-0.15, -0.1) is 0 Å². The van der Waals surface area contributed by atoms with Crippen LogP contribution in [0.15, 0.2) is 12.3 Å². The van der Waals surface area contributed by atoms with Crippen molar-refractivity contribution in [2.24, 2.45) is 0 Å². The Morgan fingerprint density at radius 1 is 1.37 bits per heavy atom. The van der Waals surface area contributed by atoms with Crippen LogP contribution < -0.4 is 10.2 Å². The van der Waals surface area contributed by atoms with Crippen LogP contribution in [-0.2, 0) is 11.3 Å². The number of hydrogen-bond donors (Lipinski definition) is 1. The third-order valence-electron chi connectivity index (χ3n) is 3.25. The van der Waals surface area contributed by atoms with Crippen molar-refractivity contribution in [2.75, 3.05) is 7.11 Å². The maximum absolute atomic E-state index is 12.8. The van der Waals surface area contributed by atoms with Gasteiger partial charge >= 0.3 is 7.48 Å². The minimum absolute atomic E-state index is 0.265. The zero-order valence-electron chi connectivity index (χ0n) is 12.0. The number of alkyl halides is 1. The van der Waals surface area contributed by atoms with Gasteiger partial charge in [-0.3, -0.25) is 0 Å². The van der Waals surface area contributed by atoms with Crippen LogP contribution >= 0.6 is 0 Å². The summed E-state index contributed by atoms with van der Waals surface area (Å²) in [5, 5.41) is 9.97. The van der Waals surface area contributed by atoms with Gasteiger partial charge in [0.1, 0.15) is 6.67 Å². The van der Waals surface area contributed by atoms with Crippen molar-refractivity contribution in [2.45, 2.75) is 45.6 Å². The summed E-state index contributed by atoms with van der Waals surface area (Å²) < 4.78 is 23.3. The number of aliphatic hydroxyl groups is 1. The summed E-state index contributed by atoms with van der Waals surface area (Å²) in [4.78, 5) is 3.99. The molecule has 0 bridgehead atoms. The van der Waals surface area contributed by atoms with E-state index in [4.69, 9.17) is 9.39 Å². The van der Waals surface area contributed by atoms with Crippen LogP contribution in [0.3, 0.4) is 0 Å². The molecule has 1 heterocycles. The third-order valence-corrected chi connectivity index (χ3v) is 3.25. The first kappa shape index (κ1) is 15.9. The molecule has 0 atom stereocenters. The number of nitrogens with zero attached hydrogens (tertiary/aromatic N) is 1. The predicted octanol–water partition coefficient (Wildman–Crippen LogP) is 1.37. The van der Waals surface area contributed by atoms with Crippen LogP contribution in [-0.4, -0.2) is 35.9 Å². The van der Waals surface area contributed by atoms with E-state index < -0.39 is 17.9 Å². The summed E-state index contributed by atoms with van der Waals surface area (Å²) in [6.45, 7) is 6.22. The average Bonchev–Trinajstić information content (AvgIpc) is 2.34. The van der Waals surface area contributed by atoms with Crippen molar-refractivity contribution in [3.8, 4) is 5.88 Å². The Balaban J connectivity index is 2.79. The molecular formula is C13H20BFNO3. The molecule has 1 rings (SSSR count). The summed E-state index contributed by atoms with van der Waals surface area (Å²) in [6.07, 6.45) is 1.53. The molecule has 4 nitrogen and oxygen atoms in total. The Morgan fingerprint density at radius 2 is 2.00 bits per heavy atom. The molecule has 1 N–H and O–H groups in total. The number of ether oxygens (including phenoxy) is 1. The molecule has 0 aliphatic heterocycles. The highest BCUT2D eigenvalue weighted by atomic mass is 19.1. The Labute approximate surface area is 114 Å². The second kappa shape index (κ2) is 5.88. The average molecular weight is 268 g/mol. The summed E-state index contributed by atoms with van der Waals surface area (Å²) in [5.41, 5.74) is -0.804. The van der Waals surface area contributed by atoms with Crippen molar-refractivity contribution in [1.29, 1.82) is 0 Å². The molecule has 0 amide bonds. The molecule has 1 radical (unpaired) electrons. The third kappa shape index (κ3) is 3.91. The van der Waals surface area contributed by atoms with E-state index in [-0.39, 0.29) is 5.88 Å². The fourth-order valence-corrected chi connectivity index (χ4v) is 1.22. The number of hydrogen-bond acceptors (Lipinski definition) is 4. The highest BCUT2D eigenvalue weighted by Crippen LogP contribution is 2.24. The van der Waals surface area contributed by atoms with Gasteiger partial charge < -0.3 is 14.5 Å². The molecule has 0 unspecified atom stereocenters. The van der Waals surface area contributed by atoms with E-state index in [0.717, 1.165) is 0 Å². The van der Waals surface area contributed by atoms with Gasteiger partial charge in [-0.25, -0.2) is 9.37 Å². The molecule has 0 fully saturated rings. The molecule has 105 valence electrons. The first-order valence-corrected chi connectivity index (χ1v) is 6.03. The van der Waals surface area contributed by atoms with E-state index in [1.165, 1.54) is 20.8 Å². The fraction of sp³-hybridized carbons (Fsp3) is 0.615. The van der Waals surface area contributed by atoms with Crippen LogP contribution in [0.4, 0.5) is 4.39 Å². The Bertz CT molecular complexity index is 432. The largest absolute Gasteiger partial charge is 0.481 e. The SMILES string of the molecule is COc1ncc([B]OC(C)(C)C(C)(C)O)cc1CF. The van der Waals surface area contributed by atoms with Crippen LogP contribution in [0.1, 0.15) is 33.3 Å². The predicted molar refractivity (Wildman–Crippen MR) is 72.5 cm³/mol.